The first-order valence-corrected chi connectivity index (χ1v) is 8.53. The number of imidazole rings is 1. The van der Waals surface area contributed by atoms with Crippen LogP contribution < -0.4 is 4.74 Å². The quantitative estimate of drug-likeness (QED) is 0.766. The van der Waals surface area contributed by atoms with Crippen LogP contribution in [-0.2, 0) is 6.54 Å². The molecule has 1 fully saturated rings. The van der Waals surface area contributed by atoms with Crippen LogP contribution >= 0.6 is 0 Å². The highest BCUT2D eigenvalue weighted by molar-refractivity contribution is 5.97. The average molecular weight is 327 g/mol. The van der Waals surface area contributed by atoms with E-state index in [0.29, 0.717) is 12.5 Å². The van der Waals surface area contributed by atoms with E-state index < -0.39 is 0 Å². The van der Waals surface area contributed by atoms with Crippen molar-refractivity contribution in [3.8, 4) is 5.75 Å². The molecule has 5 heteroatoms. The minimum absolute atomic E-state index is 0.182. The fourth-order valence-electron chi connectivity index (χ4n) is 3.27. The fraction of sp³-hybridized carbons (Fsp3) is 0.474. The highest BCUT2D eigenvalue weighted by Crippen LogP contribution is 2.20. The normalized spacial score (nSPS) is 16.2. The Balaban J connectivity index is 1.47. The summed E-state index contributed by atoms with van der Waals surface area (Å²) in [5, 5.41) is 0. The van der Waals surface area contributed by atoms with Gasteiger partial charge in [-0.25, -0.2) is 4.98 Å². The van der Waals surface area contributed by atoms with Crippen molar-refractivity contribution in [2.75, 3.05) is 26.7 Å². The Morgan fingerprint density at radius 3 is 2.54 bits per heavy atom. The molecule has 128 valence electrons. The molecule has 0 N–H and O–H groups in total. The number of aryl methyl sites for hydroxylation is 1. The highest BCUT2D eigenvalue weighted by atomic mass is 16.5. The van der Waals surface area contributed by atoms with Crippen molar-refractivity contribution in [1.82, 2.24) is 14.5 Å². The number of methoxy groups -OCH3 is 1. The Morgan fingerprint density at radius 1 is 1.25 bits per heavy atom. The molecule has 0 unspecified atom stereocenters. The molecule has 5 nitrogen and oxygen atoms in total. The van der Waals surface area contributed by atoms with E-state index in [9.17, 15) is 4.79 Å². The van der Waals surface area contributed by atoms with Gasteiger partial charge in [-0.3, -0.25) is 9.69 Å². The van der Waals surface area contributed by atoms with E-state index >= 15 is 0 Å². The molecule has 1 saturated heterocycles. The van der Waals surface area contributed by atoms with Gasteiger partial charge in [0.2, 0.25) is 0 Å². The number of hydrogen-bond acceptors (Lipinski definition) is 4. The molecule has 0 aliphatic carbocycles. The number of ether oxygens (including phenoxy) is 1. The van der Waals surface area contributed by atoms with Gasteiger partial charge in [0.25, 0.3) is 0 Å². The van der Waals surface area contributed by atoms with E-state index in [4.69, 9.17) is 4.74 Å². The lowest BCUT2D eigenvalue weighted by Crippen LogP contribution is -2.38. The molecule has 24 heavy (non-hydrogen) atoms. The van der Waals surface area contributed by atoms with Crippen molar-refractivity contribution in [1.29, 1.82) is 0 Å². The van der Waals surface area contributed by atoms with Crippen LogP contribution in [0.2, 0.25) is 0 Å². The minimum Gasteiger partial charge on any atom is -0.497 e. The number of carbonyl (C=O) groups is 1. The zero-order valence-corrected chi connectivity index (χ0v) is 14.4. The first kappa shape index (κ1) is 16.7. The van der Waals surface area contributed by atoms with Crippen LogP contribution in [0.25, 0.3) is 0 Å². The Hall–Kier alpha value is -2.14. The molecule has 1 aliphatic heterocycles. The standard InChI is InChI=1S/C19H25N3O2/c1-15-20-9-12-22(15)13-16-7-10-21(11-8-16)14-19(23)17-3-5-18(24-2)6-4-17/h3-6,9,12,16H,7-8,10-11,13-14H2,1-2H3. The van der Waals surface area contributed by atoms with Crippen molar-refractivity contribution in [3.05, 3.63) is 48.0 Å². The van der Waals surface area contributed by atoms with Gasteiger partial charge in [0.05, 0.1) is 13.7 Å². The van der Waals surface area contributed by atoms with Crippen LogP contribution in [0.1, 0.15) is 29.0 Å². The summed E-state index contributed by atoms with van der Waals surface area (Å²) in [4.78, 5) is 18.9. The molecule has 0 radical (unpaired) electrons. The van der Waals surface area contributed by atoms with Gasteiger partial charge in [-0.1, -0.05) is 0 Å². The molecule has 0 spiro atoms. The molecule has 1 aromatic carbocycles. The van der Waals surface area contributed by atoms with Crippen LogP contribution in [0.4, 0.5) is 0 Å². The maximum atomic E-state index is 12.4. The molecule has 0 saturated carbocycles. The van der Waals surface area contributed by atoms with Gasteiger partial charge in [-0.15, -0.1) is 0 Å². The molecular formula is C19H25N3O2. The van der Waals surface area contributed by atoms with Crippen LogP contribution in [0.15, 0.2) is 36.7 Å². The third kappa shape index (κ3) is 4.03. The summed E-state index contributed by atoms with van der Waals surface area (Å²) >= 11 is 0. The second kappa shape index (κ2) is 7.62. The molecule has 1 aliphatic rings. The predicted octanol–water partition coefficient (Wildman–Crippen LogP) is 2.80. The number of aromatic nitrogens is 2. The Morgan fingerprint density at radius 2 is 1.96 bits per heavy atom. The summed E-state index contributed by atoms with van der Waals surface area (Å²) < 4.78 is 7.36. The van der Waals surface area contributed by atoms with E-state index in [1.807, 2.05) is 37.4 Å². The topological polar surface area (TPSA) is 47.4 Å². The molecule has 2 aromatic rings. The smallest absolute Gasteiger partial charge is 0.176 e. The first-order valence-electron chi connectivity index (χ1n) is 8.53. The summed E-state index contributed by atoms with van der Waals surface area (Å²) in [6.07, 6.45) is 6.17. The summed E-state index contributed by atoms with van der Waals surface area (Å²) in [7, 11) is 1.63. The second-order valence-corrected chi connectivity index (χ2v) is 6.50. The van der Waals surface area contributed by atoms with Gasteiger partial charge in [-0.05, 0) is 63.0 Å². The van der Waals surface area contributed by atoms with Gasteiger partial charge < -0.3 is 9.30 Å². The maximum Gasteiger partial charge on any atom is 0.176 e. The molecule has 2 heterocycles. The molecule has 1 aromatic heterocycles. The number of ketones is 1. The number of Topliss-reactive ketones (excluding diaryl/α,β-unsaturated/α-hetero) is 1. The highest BCUT2D eigenvalue weighted by Gasteiger charge is 2.21. The van der Waals surface area contributed by atoms with Gasteiger partial charge in [0, 0.05) is 24.5 Å². The van der Waals surface area contributed by atoms with E-state index in [0.717, 1.165) is 49.6 Å². The number of piperidine rings is 1. The number of nitrogens with zero attached hydrogens (tertiary/aromatic N) is 3. The Labute approximate surface area is 143 Å². The van der Waals surface area contributed by atoms with Crippen molar-refractivity contribution in [3.63, 3.8) is 0 Å². The number of carbonyl (C=O) groups excluding carboxylic acids is 1. The van der Waals surface area contributed by atoms with Crippen molar-refractivity contribution in [2.45, 2.75) is 26.3 Å². The summed E-state index contributed by atoms with van der Waals surface area (Å²) in [6, 6.07) is 7.37. The lowest BCUT2D eigenvalue weighted by molar-refractivity contribution is 0.0890. The van der Waals surface area contributed by atoms with E-state index in [2.05, 4.69) is 20.6 Å². The zero-order chi connectivity index (χ0) is 16.9. The zero-order valence-electron chi connectivity index (χ0n) is 14.4. The van der Waals surface area contributed by atoms with Crippen molar-refractivity contribution < 1.29 is 9.53 Å². The largest absolute Gasteiger partial charge is 0.497 e. The number of benzene rings is 1. The first-order chi connectivity index (χ1) is 11.7. The average Bonchev–Trinajstić information content (AvgIpc) is 3.01. The van der Waals surface area contributed by atoms with Crippen molar-refractivity contribution >= 4 is 5.78 Å². The third-order valence-corrected chi connectivity index (χ3v) is 4.86. The number of likely N-dealkylation sites (tertiary alicyclic amines) is 1. The van der Waals surface area contributed by atoms with Crippen LogP contribution in [0.5, 0.6) is 5.75 Å². The van der Waals surface area contributed by atoms with Crippen molar-refractivity contribution in [2.24, 2.45) is 5.92 Å². The van der Waals surface area contributed by atoms with E-state index in [1.54, 1.807) is 7.11 Å². The predicted molar refractivity (Wildman–Crippen MR) is 93.5 cm³/mol. The SMILES string of the molecule is COc1ccc(C(=O)CN2CCC(Cn3ccnc3C)CC2)cc1. The molecule has 0 amide bonds. The molecular weight excluding hydrogens is 302 g/mol. The second-order valence-electron chi connectivity index (χ2n) is 6.50. The molecule has 3 rings (SSSR count). The summed E-state index contributed by atoms with van der Waals surface area (Å²) in [5.74, 6) is 2.71. The minimum atomic E-state index is 0.182. The van der Waals surface area contributed by atoms with Gasteiger partial charge in [0.15, 0.2) is 5.78 Å². The molecule has 0 atom stereocenters. The number of hydrogen-bond donors (Lipinski definition) is 0. The summed E-state index contributed by atoms with van der Waals surface area (Å²) in [5.41, 5.74) is 0.756. The van der Waals surface area contributed by atoms with Crippen LogP contribution in [0.3, 0.4) is 0 Å². The van der Waals surface area contributed by atoms with Crippen LogP contribution in [0, 0.1) is 12.8 Å². The lowest BCUT2D eigenvalue weighted by atomic mass is 9.96. The lowest BCUT2D eigenvalue weighted by Gasteiger charge is -2.31. The molecule has 0 bridgehead atoms. The van der Waals surface area contributed by atoms with E-state index in [1.165, 1.54) is 0 Å². The van der Waals surface area contributed by atoms with Gasteiger partial charge in [0.1, 0.15) is 11.6 Å². The van der Waals surface area contributed by atoms with Gasteiger partial charge >= 0.3 is 0 Å². The summed E-state index contributed by atoms with van der Waals surface area (Å²) in [6.45, 7) is 5.55. The van der Waals surface area contributed by atoms with Crippen LogP contribution in [-0.4, -0.2) is 47.0 Å². The Kier molecular flexibility index (Phi) is 5.30. The van der Waals surface area contributed by atoms with Gasteiger partial charge in [-0.2, -0.15) is 0 Å². The van der Waals surface area contributed by atoms with E-state index in [-0.39, 0.29) is 5.78 Å². The Bertz CT molecular complexity index is 670. The monoisotopic (exact) mass is 327 g/mol. The number of rotatable bonds is 6. The fourth-order valence-corrected chi connectivity index (χ4v) is 3.27. The maximum absolute atomic E-state index is 12.4. The third-order valence-electron chi connectivity index (χ3n) is 4.86.